The first-order valence-corrected chi connectivity index (χ1v) is 11.7. The molecule has 4 aromatic rings. The van der Waals surface area contributed by atoms with Crippen molar-refractivity contribution in [3.05, 3.63) is 58.5 Å². The van der Waals surface area contributed by atoms with E-state index in [-0.39, 0.29) is 0 Å². The van der Waals surface area contributed by atoms with Crippen LogP contribution in [0.4, 0.5) is 0 Å². The molecule has 1 atom stereocenters. The Kier molecular flexibility index (Phi) is 5.41. The molecule has 1 aliphatic heterocycles. The van der Waals surface area contributed by atoms with Gasteiger partial charge in [-0.1, -0.05) is 12.1 Å². The Morgan fingerprint density at radius 3 is 2.77 bits per heavy atom. The van der Waals surface area contributed by atoms with Crippen molar-refractivity contribution in [1.82, 2.24) is 14.9 Å². The van der Waals surface area contributed by atoms with Crippen LogP contribution in [0.2, 0.25) is 0 Å². The Morgan fingerprint density at radius 1 is 1.07 bits per heavy atom. The summed E-state index contributed by atoms with van der Waals surface area (Å²) < 4.78 is 12.0. The van der Waals surface area contributed by atoms with Crippen molar-refractivity contribution in [1.29, 1.82) is 0 Å². The van der Waals surface area contributed by atoms with Gasteiger partial charge in [0.2, 0.25) is 0 Å². The van der Waals surface area contributed by atoms with Gasteiger partial charge in [-0.3, -0.25) is 4.90 Å². The van der Waals surface area contributed by atoms with E-state index in [1.807, 2.05) is 29.5 Å². The van der Waals surface area contributed by atoms with Crippen molar-refractivity contribution in [2.24, 2.45) is 0 Å². The van der Waals surface area contributed by atoms with Gasteiger partial charge < -0.3 is 9.47 Å². The second kappa shape index (κ2) is 8.34. The fraction of sp³-hybridized carbons (Fsp3) is 0.304. The lowest BCUT2D eigenvalue weighted by molar-refractivity contribution is 0.246. The Balaban J connectivity index is 1.35. The molecule has 3 heterocycles. The Hall–Kier alpha value is -2.48. The SMILES string of the molecule is COc1ccc(-c2nc(CN3CCC[C@@H]3c3nc4ccccc4s3)cs2)cc1OC. The lowest BCUT2D eigenvalue weighted by Crippen LogP contribution is -2.22. The molecule has 0 aliphatic carbocycles. The van der Waals surface area contributed by atoms with Gasteiger partial charge in [0, 0.05) is 17.5 Å². The lowest BCUT2D eigenvalue weighted by atomic mass is 10.2. The van der Waals surface area contributed by atoms with Gasteiger partial charge in [0.15, 0.2) is 11.5 Å². The van der Waals surface area contributed by atoms with Crippen LogP contribution in [0.15, 0.2) is 47.8 Å². The maximum absolute atomic E-state index is 5.44. The molecule has 0 unspecified atom stereocenters. The minimum Gasteiger partial charge on any atom is -0.493 e. The highest BCUT2D eigenvalue weighted by Crippen LogP contribution is 2.38. The molecule has 5 nitrogen and oxygen atoms in total. The molecule has 7 heteroatoms. The Labute approximate surface area is 183 Å². The largest absolute Gasteiger partial charge is 0.493 e. The zero-order valence-corrected chi connectivity index (χ0v) is 18.6. The molecular formula is C23H23N3O2S2. The monoisotopic (exact) mass is 437 g/mol. The van der Waals surface area contributed by atoms with E-state index >= 15 is 0 Å². The number of ether oxygens (including phenoxy) is 2. The molecule has 1 saturated heterocycles. The number of methoxy groups -OCH3 is 2. The first-order chi connectivity index (χ1) is 14.7. The van der Waals surface area contributed by atoms with Crippen LogP contribution in [0.1, 0.15) is 29.6 Å². The van der Waals surface area contributed by atoms with Crippen LogP contribution in [0, 0.1) is 0 Å². The van der Waals surface area contributed by atoms with E-state index in [0.717, 1.165) is 52.8 Å². The van der Waals surface area contributed by atoms with E-state index in [2.05, 4.69) is 34.5 Å². The smallest absolute Gasteiger partial charge is 0.161 e. The van der Waals surface area contributed by atoms with Crippen molar-refractivity contribution in [2.45, 2.75) is 25.4 Å². The zero-order chi connectivity index (χ0) is 20.5. The van der Waals surface area contributed by atoms with E-state index < -0.39 is 0 Å². The molecule has 0 N–H and O–H groups in total. The van der Waals surface area contributed by atoms with Crippen LogP contribution in [-0.2, 0) is 6.54 Å². The topological polar surface area (TPSA) is 47.5 Å². The summed E-state index contributed by atoms with van der Waals surface area (Å²) >= 11 is 3.49. The van der Waals surface area contributed by atoms with Crippen LogP contribution in [-0.4, -0.2) is 35.6 Å². The van der Waals surface area contributed by atoms with Crippen LogP contribution in [0.3, 0.4) is 0 Å². The predicted octanol–water partition coefficient (Wildman–Crippen LogP) is 5.77. The van der Waals surface area contributed by atoms with E-state index in [0.29, 0.717) is 6.04 Å². The maximum Gasteiger partial charge on any atom is 0.161 e. The van der Waals surface area contributed by atoms with Gasteiger partial charge in [-0.25, -0.2) is 9.97 Å². The molecule has 0 bridgehead atoms. The summed E-state index contributed by atoms with van der Waals surface area (Å²) in [6, 6.07) is 14.7. The van der Waals surface area contributed by atoms with Gasteiger partial charge >= 0.3 is 0 Å². The molecule has 1 aliphatic rings. The first kappa shape index (κ1) is 19.5. The van der Waals surface area contributed by atoms with Gasteiger partial charge in [0.25, 0.3) is 0 Å². The number of hydrogen-bond donors (Lipinski definition) is 0. The number of benzene rings is 2. The van der Waals surface area contributed by atoms with Gasteiger partial charge in [0.05, 0.1) is 36.2 Å². The molecule has 0 spiro atoms. The van der Waals surface area contributed by atoms with Gasteiger partial charge in [0.1, 0.15) is 10.0 Å². The van der Waals surface area contributed by atoms with E-state index in [1.165, 1.54) is 16.1 Å². The molecule has 154 valence electrons. The maximum atomic E-state index is 5.44. The Bertz CT molecular complexity index is 1140. The highest BCUT2D eigenvalue weighted by molar-refractivity contribution is 7.18. The normalized spacial score (nSPS) is 16.9. The lowest BCUT2D eigenvalue weighted by Gasteiger charge is -2.21. The summed E-state index contributed by atoms with van der Waals surface area (Å²) in [5, 5.41) is 4.39. The number of nitrogens with zero attached hydrogens (tertiary/aromatic N) is 3. The molecule has 2 aromatic carbocycles. The van der Waals surface area contributed by atoms with E-state index in [4.69, 9.17) is 19.4 Å². The van der Waals surface area contributed by atoms with Crippen LogP contribution >= 0.6 is 22.7 Å². The van der Waals surface area contributed by atoms with Gasteiger partial charge in [-0.15, -0.1) is 22.7 Å². The summed E-state index contributed by atoms with van der Waals surface area (Å²) in [5.74, 6) is 1.45. The second-order valence-electron chi connectivity index (χ2n) is 7.36. The van der Waals surface area contributed by atoms with E-state index in [9.17, 15) is 0 Å². The third-order valence-corrected chi connectivity index (χ3v) is 7.58. The highest BCUT2D eigenvalue weighted by Gasteiger charge is 2.29. The molecule has 0 amide bonds. The van der Waals surface area contributed by atoms with Crippen molar-refractivity contribution >= 4 is 32.9 Å². The van der Waals surface area contributed by atoms with Crippen molar-refractivity contribution in [3.8, 4) is 22.1 Å². The van der Waals surface area contributed by atoms with Crippen molar-refractivity contribution < 1.29 is 9.47 Å². The summed E-state index contributed by atoms with van der Waals surface area (Å²) in [6.07, 6.45) is 2.36. The minimum absolute atomic E-state index is 0.383. The van der Waals surface area contributed by atoms with Crippen LogP contribution in [0.5, 0.6) is 11.5 Å². The standard InChI is InChI=1S/C23H23N3O2S2/c1-27-19-10-9-15(12-20(19)28-2)22-24-16(14-29-22)13-26-11-5-7-18(26)23-25-17-6-3-4-8-21(17)30-23/h3-4,6,8-10,12,14,18H,5,7,11,13H2,1-2H3/t18-/m1/s1. The molecular weight excluding hydrogens is 414 g/mol. The molecule has 1 fully saturated rings. The van der Waals surface area contributed by atoms with E-state index in [1.54, 1.807) is 25.6 Å². The van der Waals surface area contributed by atoms with Crippen molar-refractivity contribution in [2.75, 3.05) is 20.8 Å². The third-order valence-electron chi connectivity index (χ3n) is 5.51. The average Bonchev–Trinajstić information content (AvgIpc) is 3.52. The van der Waals surface area contributed by atoms with Gasteiger partial charge in [-0.2, -0.15) is 0 Å². The summed E-state index contributed by atoms with van der Waals surface area (Å²) in [7, 11) is 3.31. The minimum atomic E-state index is 0.383. The number of hydrogen-bond acceptors (Lipinski definition) is 7. The summed E-state index contributed by atoms with van der Waals surface area (Å²) in [6.45, 7) is 1.94. The van der Waals surface area contributed by atoms with Crippen LogP contribution < -0.4 is 9.47 Å². The first-order valence-electron chi connectivity index (χ1n) is 10.0. The average molecular weight is 438 g/mol. The second-order valence-corrected chi connectivity index (χ2v) is 9.28. The number of para-hydroxylation sites is 1. The van der Waals surface area contributed by atoms with Gasteiger partial charge in [-0.05, 0) is 49.7 Å². The molecule has 0 saturated carbocycles. The molecule has 2 aromatic heterocycles. The predicted molar refractivity (Wildman–Crippen MR) is 123 cm³/mol. The van der Waals surface area contributed by atoms with Crippen LogP contribution in [0.25, 0.3) is 20.8 Å². The molecule has 5 rings (SSSR count). The number of thiazole rings is 2. The number of fused-ring (bicyclic) bond motifs is 1. The highest BCUT2D eigenvalue weighted by atomic mass is 32.1. The Morgan fingerprint density at radius 2 is 1.93 bits per heavy atom. The summed E-state index contributed by atoms with van der Waals surface area (Å²) in [4.78, 5) is 12.3. The number of rotatable bonds is 6. The van der Waals surface area contributed by atoms with Crippen molar-refractivity contribution in [3.63, 3.8) is 0 Å². The molecule has 30 heavy (non-hydrogen) atoms. The fourth-order valence-electron chi connectivity index (χ4n) is 4.02. The third kappa shape index (κ3) is 3.69. The summed E-state index contributed by atoms with van der Waals surface area (Å²) in [5.41, 5.74) is 3.26. The zero-order valence-electron chi connectivity index (χ0n) is 17.0. The molecule has 0 radical (unpaired) electrons. The number of likely N-dealkylation sites (tertiary alicyclic amines) is 1. The quantitative estimate of drug-likeness (QED) is 0.383. The fourth-order valence-corrected chi connectivity index (χ4v) is 5.96. The number of aromatic nitrogens is 2.